The zero-order valence-electron chi connectivity index (χ0n) is 16.7. The molecule has 31 heavy (non-hydrogen) atoms. The minimum absolute atomic E-state index is 0.123. The molecule has 14 atom stereocenters. The Balaban J connectivity index is 1.78. The number of aliphatic hydroxyl groups is 7. The molecule has 0 unspecified atom stereocenters. The van der Waals surface area contributed by atoms with E-state index >= 15 is 0 Å². The van der Waals surface area contributed by atoms with Gasteiger partial charge in [-0.3, -0.25) is 0 Å². The van der Waals surface area contributed by atoms with E-state index in [0.717, 1.165) is 0 Å². The Bertz CT molecular complexity index is 590. The SMILES string of the molecule is N[C@@H]1[C@@H](O[C@@H]2[C@@H](O[C@H]3O[C@H](CO)[C@@H](O)[C@@H]3O)[C@H](O)[C@@H](N)C[C@H]2N)O[C@@H](CO)[C@H](O)[C@H]1O. The fourth-order valence-corrected chi connectivity index (χ4v) is 4.12. The molecular weight excluding hydrogens is 422 g/mol. The van der Waals surface area contributed by atoms with Gasteiger partial charge in [0.25, 0.3) is 0 Å². The van der Waals surface area contributed by atoms with Crippen molar-refractivity contribution in [3.8, 4) is 0 Å². The normalized spacial score (nSPS) is 53.6. The summed E-state index contributed by atoms with van der Waals surface area (Å²) in [5.41, 5.74) is 18.0. The predicted molar refractivity (Wildman–Crippen MR) is 99.8 cm³/mol. The monoisotopic (exact) mass is 455 g/mol. The van der Waals surface area contributed by atoms with Gasteiger partial charge in [-0.1, -0.05) is 0 Å². The average molecular weight is 455 g/mol. The highest BCUT2D eigenvalue weighted by atomic mass is 16.7. The van der Waals surface area contributed by atoms with Crippen molar-refractivity contribution in [2.24, 2.45) is 17.2 Å². The summed E-state index contributed by atoms with van der Waals surface area (Å²) < 4.78 is 22.2. The fourth-order valence-electron chi connectivity index (χ4n) is 4.12. The number of hydrogen-bond donors (Lipinski definition) is 10. The molecule has 0 aromatic rings. The molecule has 2 heterocycles. The van der Waals surface area contributed by atoms with Crippen LogP contribution in [0.4, 0.5) is 0 Å². The topological polar surface area (TPSA) is 257 Å². The molecule has 1 saturated carbocycles. The maximum atomic E-state index is 10.6. The number of rotatable bonds is 6. The van der Waals surface area contributed by atoms with Crippen molar-refractivity contribution >= 4 is 0 Å². The van der Waals surface area contributed by atoms with Crippen LogP contribution in [-0.2, 0) is 18.9 Å². The van der Waals surface area contributed by atoms with E-state index in [9.17, 15) is 35.7 Å². The Morgan fingerprint density at radius 2 is 1.16 bits per heavy atom. The molecule has 0 radical (unpaired) electrons. The van der Waals surface area contributed by atoms with Gasteiger partial charge in [-0.2, -0.15) is 0 Å². The third-order valence-electron chi connectivity index (χ3n) is 6.07. The lowest BCUT2D eigenvalue weighted by molar-refractivity contribution is -0.310. The Labute approximate surface area is 178 Å². The van der Waals surface area contributed by atoms with Crippen LogP contribution in [0.15, 0.2) is 0 Å². The third-order valence-corrected chi connectivity index (χ3v) is 6.07. The standard InChI is InChI=1S/C17H33N3O11/c18-4-1-5(19)14(30-16-8(20)12(26)10(24)6(2-21)28-16)15(9(4)23)31-17-13(27)11(25)7(3-22)29-17/h4-17,21-27H,1-3,18-20H2/t4-,5+,6-,7+,8-,9+,10-,11+,12-,13-,14-,15-,16+,17+/m0/s1. The molecule has 0 spiro atoms. The Hall–Kier alpha value is -0.560. The summed E-state index contributed by atoms with van der Waals surface area (Å²) in [5.74, 6) is 0. The van der Waals surface area contributed by atoms with E-state index in [1.807, 2.05) is 0 Å². The van der Waals surface area contributed by atoms with Crippen LogP contribution < -0.4 is 17.2 Å². The van der Waals surface area contributed by atoms with Gasteiger partial charge in [0, 0.05) is 12.1 Å². The summed E-state index contributed by atoms with van der Waals surface area (Å²) in [5, 5.41) is 69.4. The van der Waals surface area contributed by atoms with Crippen LogP contribution in [0.3, 0.4) is 0 Å². The summed E-state index contributed by atoms with van der Waals surface area (Å²) >= 11 is 0. The van der Waals surface area contributed by atoms with Gasteiger partial charge in [0.15, 0.2) is 12.6 Å². The molecule has 3 rings (SSSR count). The van der Waals surface area contributed by atoms with Gasteiger partial charge in [-0.15, -0.1) is 0 Å². The van der Waals surface area contributed by atoms with Crippen molar-refractivity contribution < 1.29 is 54.7 Å². The Morgan fingerprint density at radius 3 is 1.74 bits per heavy atom. The van der Waals surface area contributed by atoms with Crippen molar-refractivity contribution in [1.82, 2.24) is 0 Å². The summed E-state index contributed by atoms with van der Waals surface area (Å²) in [6, 6.07) is -2.82. The van der Waals surface area contributed by atoms with Crippen LogP contribution >= 0.6 is 0 Å². The van der Waals surface area contributed by atoms with Gasteiger partial charge < -0.3 is 71.9 Å². The lowest BCUT2D eigenvalue weighted by atomic mass is 9.84. The van der Waals surface area contributed by atoms with Crippen molar-refractivity contribution in [2.45, 2.75) is 92.1 Å². The molecule has 3 aliphatic rings. The van der Waals surface area contributed by atoms with Gasteiger partial charge in [0.2, 0.25) is 0 Å². The van der Waals surface area contributed by atoms with Crippen LogP contribution in [0.1, 0.15) is 6.42 Å². The van der Waals surface area contributed by atoms with Crippen LogP contribution in [0.2, 0.25) is 0 Å². The number of nitrogens with two attached hydrogens (primary N) is 3. The summed E-state index contributed by atoms with van der Waals surface area (Å²) in [7, 11) is 0. The zero-order valence-corrected chi connectivity index (χ0v) is 16.7. The lowest BCUT2D eigenvalue weighted by Crippen LogP contribution is -2.68. The van der Waals surface area contributed by atoms with Gasteiger partial charge in [0.05, 0.1) is 25.4 Å². The van der Waals surface area contributed by atoms with Crippen LogP contribution in [0.25, 0.3) is 0 Å². The quantitative estimate of drug-likeness (QED) is 0.179. The molecule has 182 valence electrons. The highest BCUT2D eigenvalue weighted by Gasteiger charge is 2.52. The van der Waals surface area contributed by atoms with E-state index < -0.39 is 98.9 Å². The van der Waals surface area contributed by atoms with E-state index in [0.29, 0.717) is 0 Å². The van der Waals surface area contributed by atoms with E-state index in [2.05, 4.69) is 0 Å². The first kappa shape index (κ1) is 25.1. The fraction of sp³-hybridized carbons (Fsp3) is 1.00. The molecule has 14 nitrogen and oxygen atoms in total. The van der Waals surface area contributed by atoms with E-state index in [4.69, 9.17) is 36.1 Å². The average Bonchev–Trinajstić information content (AvgIpc) is 3.02. The molecular formula is C17H33N3O11. The minimum Gasteiger partial charge on any atom is -0.394 e. The molecule has 1 aliphatic carbocycles. The van der Waals surface area contributed by atoms with Crippen LogP contribution in [0, 0.1) is 0 Å². The zero-order chi connectivity index (χ0) is 23.0. The molecule has 0 aromatic carbocycles. The summed E-state index contributed by atoms with van der Waals surface area (Å²) in [6.07, 6.45) is -14.5. The second kappa shape index (κ2) is 10.1. The summed E-state index contributed by atoms with van der Waals surface area (Å²) in [4.78, 5) is 0. The van der Waals surface area contributed by atoms with Crippen molar-refractivity contribution in [2.75, 3.05) is 13.2 Å². The summed E-state index contributed by atoms with van der Waals surface area (Å²) in [6.45, 7) is -1.19. The number of hydrogen-bond acceptors (Lipinski definition) is 14. The maximum absolute atomic E-state index is 10.6. The molecule has 0 amide bonds. The lowest BCUT2D eigenvalue weighted by Gasteiger charge is -2.47. The van der Waals surface area contributed by atoms with Gasteiger partial charge in [0.1, 0.15) is 48.8 Å². The van der Waals surface area contributed by atoms with E-state index in [-0.39, 0.29) is 6.42 Å². The maximum Gasteiger partial charge on any atom is 0.187 e. The highest BCUT2D eigenvalue weighted by molar-refractivity contribution is 5.01. The number of aliphatic hydroxyl groups excluding tert-OH is 7. The third kappa shape index (κ3) is 4.87. The molecule has 2 aliphatic heterocycles. The first-order chi connectivity index (χ1) is 14.6. The van der Waals surface area contributed by atoms with E-state index in [1.165, 1.54) is 0 Å². The van der Waals surface area contributed by atoms with Gasteiger partial charge in [-0.25, -0.2) is 0 Å². The van der Waals surface area contributed by atoms with Crippen LogP contribution in [0.5, 0.6) is 0 Å². The molecule has 14 heteroatoms. The van der Waals surface area contributed by atoms with Crippen molar-refractivity contribution in [3.05, 3.63) is 0 Å². The first-order valence-corrected chi connectivity index (χ1v) is 10.1. The highest BCUT2D eigenvalue weighted by Crippen LogP contribution is 2.32. The van der Waals surface area contributed by atoms with Crippen molar-refractivity contribution in [1.29, 1.82) is 0 Å². The van der Waals surface area contributed by atoms with Gasteiger partial charge in [-0.05, 0) is 6.42 Å². The second-order valence-electron chi connectivity index (χ2n) is 8.25. The minimum atomic E-state index is -1.52. The molecule has 13 N–H and O–H groups in total. The molecule has 3 fully saturated rings. The first-order valence-electron chi connectivity index (χ1n) is 10.1. The predicted octanol–water partition coefficient (Wildman–Crippen LogP) is -6.62. The molecule has 0 bridgehead atoms. The molecule has 0 aromatic heterocycles. The second-order valence-corrected chi connectivity index (χ2v) is 8.25. The Kier molecular flexibility index (Phi) is 8.21. The smallest absolute Gasteiger partial charge is 0.187 e. The molecule has 2 saturated heterocycles. The largest absolute Gasteiger partial charge is 0.394 e. The van der Waals surface area contributed by atoms with Crippen LogP contribution in [-0.4, -0.2) is 135 Å². The van der Waals surface area contributed by atoms with Gasteiger partial charge >= 0.3 is 0 Å². The number of ether oxygens (including phenoxy) is 4. The van der Waals surface area contributed by atoms with Crippen molar-refractivity contribution in [3.63, 3.8) is 0 Å². The Morgan fingerprint density at radius 1 is 0.645 bits per heavy atom. The van der Waals surface area contributed by atoms with E-state index in [1.54, 1.807) is 0 Å².